The molecule has 122 valence electrons. The van der Waals surface area contributed by atoms with Crippen LogP contribution in [-0.2, 0) is 6.42 Å². The highest BCUT2D eigenvalue weighted by molar-refractivity contribution is 5.69. The van der Waals surface area contributed by atoms with E-state index in [4.69, 9.17) is 5.26 Å². The third-order valence-electron chi connectivity index (χ3n) is 5.49. The average molecular weight is 328 g/mol. The van der Waals surface area contributed by atoms with Crippen molar-refractivity contribution >= 4 is 0 Å². The van der Waals surface area contributed by atoms with Gasteiger partial charge in [-0.1, -0.05) is 24.3 Å². The van der Waals surface area contributed by atoms with Gasteiger partial charge in [0.15, 0.2) is 0 Å². The first-order chi connectivity index (χ1) is 12.3. The Morgan fingerprint density at radius 2 is 2.12 bits per heavy atom. The molecular weight excluding hydrogens is 312 g/mol. The van der Waals surface area contributed by atoms with E-state index in [0.717, 1.165) is 24.1 Å². The predicted molar refractivity (Wildman–Crippen MR) is 91.5 cm³/mol. The van der Waals surface area contributed by atoms with Crippen molar-refractivity contribution < 1.29 is 5.11 Å². The molecular formula is C20H16N4O. The van der Waals surface area contributed by atoms with Crippen LogP contribution in [0.25, 0.3) is 11.3 Å². The minimum Gasteiger partial charge on any atom is -0.386 e. The molecule has 0 amide bonds. The SMILES string of the molecule is N#Cc1cnc2c(c1)CC[C@H]([C@H]1c3ccccc3-c3cncn31)[C@@H]2O. The largest absolute Gasteiger partial charge is 0.386 e. The zero-order chi connectivity index (χ0) is 17.0. The molecule has 0 bridgehead atoms. The summed E-state index contributed by atoms with van der Waals surface area (Å²) in [5, 5.41) is 20.1. The number of benzene rings is 1. The summed E-state index contributed by atoms with van der Waals surface area (Å²) >= 11 is 0. The van der Waals surface area contributed by atoms with Gasteiger partial charge in [-0.05, 0) is 30.0 Å². The number of imidazole rings is 1. The quantitative estimate of drug-likeness (QED) is 0.745. The van der Waals surface area contributed by atoms with Crippen LogP contribution >= 0.6 is 0 Å². The molecule has 5 heteroatoms. The van der Waals surface area contributed by atoms with Gasteiger partial charge in [-0.3, -0.25) is 4.98 Å². The second kappa shape index (κ2) is 5.27. The molecule has 0 radical (unpaired) electrons. The van der Waals surface area contributed by atoms with Crippen LogP contribution in [0.5, 0.6) is 0 Å². The molecule has 0 spiro atoms. The third-order valence-corrected chi connectivity index (χ3v) is 5.49. The Morgan fingerprint density at radius 1 is 1.24 bits per heavy atom. The second-order valence-electron chi connectivity index (χ2n) is 6.75. The summed E-state index contributed by atoms with van der Waals surface area (Å²) in [7, 11) is 0. The van der Waals surface area contributed by atoms with Gasteiger partial charge in [0.2, 0.25) is 0 Å². The number of aliphatic hydroxyl groups is 1. The Bertz CT molecular complexity index is 1020. The minimum atomic E-state index is -0.650. The number of nitrogens with zero attached hydrogens (tertiary/aromatic N) is 4. The average Bonchev–Trinajstić information content (AvgIpc) is 3.23. The molecule has 5 rings (SSSR count). The van der Waals surface area contributed by atoms with Crippen molar-refractivity contribution in [3.05, 3.63) is 71.4 Å². The van der Waals surface area contributed by atoms with Gasteiger partial charge < -0.3 is 9.67 Å². The lowest BCUT2D eigenvalue weighted by Crippen LogP contribution is -2.29. The van der Waals surface area contributed by atoms with Gasteiger partial charge in [-0.15, -0.1) is 0 Å². The maximum Gasteiger partial charge on any atom is 0.101 e. The smallest absolute Gasteiger partial charge is 0.101 e. The molecule has 1 aliphatic heterocycles. The molecule has 1 aromatic carbocycles. The summed E-state index contributed by atoms with van der Waals surface area (Å²) < 4.78 is 2.17. The summed E-state index contributed by atoms with van der Waals surface area (Å²) in [6.45, 7) is 0. The van der Waals surface area contributed by atoms with E-state index >= 15 is 0 Å². The lowest BCUT2D eigenvalue weighted by atomic mass is 9.77. The first-order valence-corrected chi connectivity index (χ1v) is 8.46. The highest BCUT2D eigenvalue weighted by Crippen LogP contribution is 2.49. The first kappa shape index (κ1) is 14.4. The lowest BCUT2D eigenvalue weighted by Gasteiger charge is -2.34. The second-order valence-corrected chi connectivity index (χ2v) is 6.75. The number of aliphatic hydroxyl groups excluding tert-OH is 1. The van der Waals surface area contributed by atoms with Crippen LogP contribution in [0.1, 0.15) is 41.0 Å². The van der Waals surface area contributed by atoms with E-state index in [1.807, 2.05) is 30.7 Å². The summed E-state index contributed by atoms with van der Waals surface area (Å²) in [6.07, 6.45) is 6.32. The summed E-state index contributed by atoms with van der Waals surface area (Å²) in [6, 6.07) is 12.4. The molecule has 3 aromatic rings. The molecule has 5 nitrogen and oxygen atoms in total. The van der Waals surface area contributed by atoms with E-state index in [1.54, 1.807) is 6.20 Å². The van der Waals surface area contributed by atoms with Crippen LogP contribution in [-0.4, -0.2) is 19.6 Å². The number of hydrogen-bond donors (Lipinski definition) is 1. The standard InChI is InChI=1S/C20H16N4O/c21-8-12-7-13-5-6-16(20(25)18(13)23-9-12)19-15-4-2-1-3-14(15)17-10-22-11-24(17)19/h1-4,7,9-11,16,19-20,25H,5-6H2/t16-,19-,20+/m1/s1. The van der Waals surface area contributed by atoms with Gasteiger partial charge >= 0.3 is 0 Å². The van der Waals surface area contributed by atoms with Crippen molar-refractivity contribution in [3.8, 4) is 17.3 Å². The zero-order valence-electron chi connectivity index (χ0n) is 13.5. The molecule has 0 unspecified atom stereocenters. The van der Waals surface area contributed by atoms with Crippen molar-refractivity contribution in [2.75, 3.05) is 0 Å². The summed E-state index contributed by atoms with van der Waals surface area (Å²) in [5.74, 6) is 0.0320. The van der Waals surface area contributed by atoms with Gasteiger partial charge in [-0.2, -0.15) is 5.26 Å². The van der Waals surface area contributed by atoms with Crippen molar-refractivity contribution in [1.82, 2.24) is 14.5 Å². The Labute approximate surface area is 145 Å². The van der Waals surface area contributed by atoms with E-state index in [9.17, 15) is 5.11 Å². The molecule has 1 N–H and O–H groups in total. The third kappa shape index (κ3) is 1.98. The number of hydrogen-bond acceptors (Lipinski definition) is 4. The number of aryl methyl sites for hydroxylation is 1. The molecule has 0 saturated carbocycles. The normalized spacial score (nSPS) is 23.4. The maximum absolute atomic E-state index is 11.1. The summed E-state index contributed by atoms with van der Waals surface area (Å²) in [4.78, 5) is 8.70. The van der Waals surface area contributed by atoms with Crippen LogP contribution in [0.4, 0.5) is 0 Å². The highest BCUT2D eigenvalue weighted by Gasteiger charge is 2.41. The van der Waals surface area contributed by atoms with Crippen molar-refractivity contribution in [1.29, 1.82) is 5.26 Å². The molecule has 0 fully saturated rings. The van der Waals surface area contributed by atoms with Crippen LogP contribution in [0, 0.1) is 17.2 Å². The van der Waals surface area contributed by atoms with Crippen LogP contribution in [0.3, 0.4) is 0 Å². The van der Waals surface area contributed by atoms with Crippen molar-refractivity contribution in [2.24, 2.45) is 5.92 Å². The Balaban J connectivity index is 1.60. The molecule has 1 aliphatic carbocycles. The fourth-order valence-electron chi connectivity index (χ4n) is 4.37. The van der Waals surface area contributed by atoms with Crippen LogP contribution in [0.2, 0.25) is 0 Å². The topological polar surface area (TPSA) is 74.7 Å². The van der Waals surface area contributed by atoms with Gasteiger partial charge in [0.1, 0.15) is 12.2 Å². The minimum absolute atomic E-state index is 0.0320. The van der Waals surface area contributed by atoms with E-state index in [0.29, 0.717) is 11.3 Å². The van der Waals surface area contributed by atoms with Crippen molar-refractivity contribution in [3.63, 3.8) is 0 Å². The molecule has 2 aliphatic rings. The van der Waals surface area contributed by atoms with E-state index in [2.05, 4.69) is 32.7 Å². The zero-order valence-corrected chi connectivity index (χ0v) is 13.5. The van der Waals surface area contributed by atoms with Crippen molar-refractivity contribution in [2.45, 2.75) is 25.0 Å². The molecule has 0 saturated heterocycles. The number of aromatic nitrogens is 3. The molecule has 3 atom stereocenters. The van der Waals surface area contributed by atoms with E-state index in [1.165, 1.54) is 11.1 Å². The van der Waals surface area contributed by atoms with Gasteiger partial charge in [0.05, 0.1) is 35.5 Å². The van der Waals surface area contributed by atoms with Crippen LogP contribution in [0.15, 0.2) is 49.1 Å². The molecule has 2 aromatic heterocycles. The van der Waals surface area contributed by atoms with E-state index < -0.39 is 6.10 Å². The number of rotatable bonds is 1. The Hall–Kier alpha value is -2.97. The fourth-order valence-corrected chi connectivity index (χ4v) is 4.37. The fraction of sp³-hybridized carbons (Fsp3) is 0.250. The Kier molecular flexibility index (Phi) is 3.03. The van der Waals surface area contributed by atoms with Gasteiger partial charge in [0, 0.05) is 17.7 Å². The van der Waals surface area contributed by atoms with Gasteiger partial charge in [-0.25, -0.2) is 4.98 Å². The first-order valence-electron chi connectivity index (χ1n) is 8.46. The van der Waals surface area contributed by atoms with E-state index in [-0.39, 0.29) is 12.0 Å². The lowest BCUT2D eigenvalue weighted by molar-refractivity contribution is 0.0679. The number of nitriles is 1. The predicted octanol–water partition coefficient (Wildman–Crippen LogP) is 3.02. The molecule has 25 heavy (non-hydrogen) atoms. The summed E-state index contributed by atoms with van der Waals surface area (Å²) in [5.41, 5.74) is 5.77. The monoisotopic (exact) mass is 328 g/mol. The number of fused-ring (bicyclic) bond motifs is 4. The van der Waals surface area contributed by atoms with Gasteiger partial charge in [0.25, 0.3) is 0 Å². The molecule has 3 heterocycles. The highest BCUT2D eigenvalue weighted by atomic mass is 16.3. The van der Waals surface area contributed by atoms with Crippen LogP contribution < -0.4 is 0 Å². The maximum atomic E-state index is 11.1. The Morgan fingerprint density at radius 3 is 3.00 bits per heavy atom. The number of pyridine rings is 1.